The molecule has 4 nitrogen and oxygen atoms in total. The lowest BCUT2D eigenvalue weighted by Gasteiger charge is -2.11. The Labute approximate surface area is 116 Å². The first-order valence-corrected chi connectivity index (χ1v) is 6.28. The second-order valence-electron chi connectivity index (χ2n) is 3.96. The topological polar surface area (TPSA) is 49.8 Å². The third-order valence-corrected chi connectivity index (χ3v) is 2.88. The molecule has 0 fully saturated rings. The molecule has 0 saturated carbocycles. The van der Waals surface area contributed by atoms with Gasteiger partial charge in [-0.25, -0.2) is 9.37 Å². The Morgan fingerprint density at radius 2 is 2.16 bits per heavy atom. The Morgan fingerprint density at radius 1 is 1.37 bits per heavy atom. The van der Waals surface area contributed by atoms with E-state index in [1.165, 1.54) is 12.3 Å². The molecule has 0 aliphatic carbocycles. The smallest absolute Gasteiger partial charge is 0.224 e. The Bertz CT molecular complexity index is 589. The van der Waals surface area contributed by atoms with Crippen molar-refractivity contribution >= 4 is 29.1 Å². The zero-order chi connectivity index (χ0) is 13.8. The molecule has 0 unspecified atom stereocenters. The lowest BCUT2D eigenvalue weighted by molar-refractivity contribution is 0.619. The van der Waals surface area contributed by atoms with Crippen LogP contribution in [0.5, 0.6) is 0 Å². The van der Waals surface area contributed by atoms with Crippen molar-refractivity contribution in [2.75, 3.05) is 17.2 Å². The predicted molar refractivity (Wildman–Crippen MR) is 75.6 cm³/mol. The van der Waals surface area contributed by atoms with E-state index in [0.717, 1.165) is 0 Å². The highest BCUT2D eigenvalue weighted by Crippen LogP contribution is 2.26. The van der Waals surface area contributed by atoms with E-state index >= 15 is 0 Å². The van der Waals surface area contributed by atoms with Crippen LogP contribution >= 0.6 is 11.6 Å². The Morgan fingerprint density at radius 3 is 2.89 bits per heavy atom. The van der Waals surface area contributed by atoms with Crippen LogP contribution in [0.1, 0.15) is 12.5 Å². The Hall–Kier alpha value is -1.88. The number of aromatic nitrogens is 2. The van der Waals surface area contributed by atoms with Crippen molar-refractivity contribution in [3.05, 3.63) is 40.8 Å². The van der Waals surface area contributed by atoms with E-state index in [2.05, 4.69) is 20.6 Å². The second-order valence-corrected chi connectivity index (χ2v) is 4.37. The first kappa shape index (κ1) is 13.5. The largest absolute Gasteiger partial charge is 0.354 e. The summed E-state index contributed by atoms with van der Waals surface area (Å²) in [7, 11) is 0. The molecule has 0 radical (unpaired) electrons. The van der Waals surface area contributed by atoms with Crippen LogP contribution in [0.2, 0.25) is 5.02 Å². The van der Waals surface area contributed by atoms with Crippen LogP contribution < -0.4 is 10.6 Å². The molecule has 19 heavy (non-hydrogen) atoms. The molecule has 6 heteroatoms. The molecule has 0 amide bonds. The lowest BCUT2D eigenvalue weighted by Crippen LogP contribution is -2.05. The fourth-order valence-corrected chi connectivity index (χ4v) is 1.71. The van der Waals surface area contributed by atoms with E-state index in [1.807, 2.05) is 6.92 Å². The van der Waals surface area contributed by atoms with Crippen LogP contribution in [-0.4, -0.2) is 16.5 Å². The fourth-order valence-electron chi connectivity index (χ4n) is 1.57. The van der Waals surface area contributed by atoms with Gasteiger partial charge in [-0.1, -0.05) is 17.7 Å². The molecule has 100 valence electrons. The number of halogens is 2. The van der Waals surface area contributed by atoms with Gasteiger partial charge >= 0.3 is 0 Å². The highest BCUT2D eigenvalue weighted by Gasteiger charge is 2.08. The average Bonchev–Trinajstić information content (AvgIpc) is 2.39. The van der Waals surface area contributed by atoms with E-state index in [9.17, 15) is 4.39 Å². The summed E-state index contributed by atoms with van der Waals surface area (Å²) in [5.74, 6) is 0.645. The summed E-state index contributed by atoms with van der Waals surface area (Å²) in [6.07, 6.45) is 1.50. The van der Waals surface area contributed by atoms with Crippen LogP contribution in [0.4, 0.5) is 21.8 Å². The summed E-state index contributed by atoms with van der Waals surface area (Å²) >= 11 is 6.03. The molecule has 0 saturated heterocycles. The number of rotatable bonds is 4. The highest BCUT2D eigenvalue weighted by atomic mass is 35.5. The molecule has 1 heterocycles. The normalized spacial score (nSPS) is 10.3. The predicted octanol–water partition coefficient (Wildman–Crippen LogP) is 3.75. The van der Waals surface area contributed by atoms with Gasteiger partial charge in [-0.15, -0.1) is 0 Å². The fraction of sp³-hybridized carbons (Fsp3) is 0.231. The summed E-state index contributed by atoms with van der Waals surface area (Å²) in [5.41, 5.74) is 1.14. The van der Waals surface area contributed by atoms with Crippen molar-refractivity contribution in [2.45, 2.75) is 13.8 Å². The van der Waals surface area contributed by atoms with E-state index in [-0.39, 0.29) is 5.82 Å². The van der Waals surface area contributed by atoms with Gasteiger partial charge in [0.2, 0.25) is 5.95 Å². The van der Waals surface area contributed by atoms with Gasteiger partial charge in [0.1, 0.15) is 10.8 Å². The van der Waals surface area contributed by atoms with Gasteiger partial charge < -0.3 is 10.6 Å². The van der Waals surface area contributed by atoms with Crippen LogP contribution in [-0.2, 0) is 0 Å². The molecule has 1 aromatic carbocycles. The average molecular weight is 281 g/mol. The van der Waals surface area contributed by atoms with E-state index in [4.69, 9.17) is 11.6 Å². The van der Waals surface area contributed by atoms with Crippen LogP contribution in [0, 0.1) is 12.7 Å². The lowest BCUT2D eigenvalue weighted by atomic mass is 10.2. The van der Waals surface area contributed by atoms with Crippen molar-refractivity contribution < 1.29 is 4.39 Å². The number of hydrogen-bond acceptors (Lipinski definition) is 4. The summed E-state index contributed by atoms with van der Waals surface area (Å²) in [6, 6.07) is 4.81. The van der Waals surface area contributed by atoms with Gasteiger partial charge in [0.05, 0.1) is 6.20 Å². The maximum absolute atomic E-state index is 13.5. The zero-order valence-corrected chi connectivity index (χ0v) is 11.4. The van der Waals surface area contributed by atoms with Gasteiger partial charge in [0.25, 0.3) is 0 Å². The molecule has 2 rings (SSSR count). The van der Waals surface area contributed by atoms with Crippen molar-refractivity contribution in [3.8, 4) is 0 Å². The monoisotopic (exact) mass is 280 g/mol. The summed E-state index contributed by atoms with van der Waals surface area (Å²) in [5, 5.41) is 6.39. The molecule has 0 atom stereocenters. The summed E-state index contributed by atoms with van der Waals surface area (Å²) in [4.78, 5) is 8.28. The summed E-state index contributed by atoms with van der Waals surface area (Å²) in [6.45, 7) is 4.35. The standard InChI is InChI=1S/C13H14ClFN4/c1-3-16-13-17-7-9(14)12(19-13)18-11-6-4-5-10(15)8(11)2/h4-7H,3H2,1-2H3,(H2,16,17,18,19). The third-order valence-electron chi connectivity index (χ3n) is 2.60. The Kier molecular flexibility index (Phi) is 4.16. The van der Waals surface area contributed by atoms with Gasteiger partial charge in [0.15, 0.2) is 5.82 Å². The van der Waals surface area contributed by atoms with E-state index in [1.54, 1.807) is 19.1 Å². The highest BCUT2D eigenvalue weighted by molar-refractivity contribution is 6.32. The van der Waals surface area contributed by atoms with E-state index < -0.39 is 0 Å². The number of nitrogens with one attached hydrogen (secondary N) is 2. The van der Waals surface area contributed by atoms with Crippen molar-refractivity contribution in [3.63, 3.8) is 0 Å². The number of benzene rings is 1. The van der Waals surface area contributed by atoms with Crippen LogP contribution in [0.15, 0.2) is 24.4 Å². The number of anilines is 3. The number of hydrogen-bond donors (Lipinski definition) is 2. The summed E-state index contributed by atoms with van der Waals surface area (Å²) < 4.78 is 13.5. The molecule has 2 N–H and O–H groups in total. The molecular weight excluding hydrogens is 267 g/mol. The molecular formula is C13H14ClFN4. The SMILES string of the molecule is CCNc1ncc(Cl)c(Nc2cccc(F)c2C)n1. The maximum Gasteiger partial charge on any atom is 0.224 e. The van der Waals surface area contributed by atoms with Gasteiger partial charge in [0, 0.05) is 17.8 Å². The maximum atomic E-state index is 13.5. The number of nitrogens with zero attached hydrogens (tertiary/aromatic N) is 2. The molecule has 0 aliphatic rings. The first-order valence-electron chi connectivity index (χ1n) is 5.90. The van der Waals surface area contributed by atoms with Gasteiger partial charge in [-0.05, 0) is 26.0 Å². The zero-order valence-electron chi connectivity index (χ0n) is 10.7. The molecule has 0 bridgehead atoms. The van der Waals surface area contributed by atoms with Gasteiger partial charge in [-0.2, -0.15) is 4.98 Å². The van der Waals surface area contributed by atoms with Gasteiger partial charge in [-0.3, -0.25) is 0 Å². The quantitative estimate of drug-likeness (QED) is 0.895. The Balaban J connectivity index is 2.32. The second kappa shape index (κ2) is 5.84. The molecule has 0 spiro atoms. The van der Waals surface area contributed by atoms with Crippen LogP contribution in [0.3, 0.4) is 0 Å². The van der Waals surface area contributed by atoms with Crippen molar-refractivity contribution in [2.24, 2.45) is 0 Å². The molecule has 1 aromatic heterocycles. The van der Waals surface area contributed by atoms with E-state index in [0.29, 0.717) is 34.6 Å². The first-order chi connectivity index (χ1) is 9.11. The molecule has 2 aromatic rings. The third kappa shape index (κ3) is 3.12. The molecule has 0 aliphatic heterocycles. The van der Waals surface area contributed by atoms with Crippen molar-refractivity contribution in [1.82, 2.24) is 9.97 Å². The minimum absolute atomic E-state index is 0.276. The van der Waals surface area contributed by atoms with Crippen molar-refractivity contribution in [1.29, 1.82) is 0 Å². The van der Waals surface area contributed by atoms with Crippen LogP contribution in [0.25, 0.3) is 0 Å². The minimum Gasteiger partial charge on any atom is -0.354 e. The minimum atomic E-state index is -0.276.